The highest BCUT2D eigenvalue weighted by Crippen LogP contribution is 2.30. The summed E-state index contributed by atoms with van der Waals surface area (Å²) in [7, 11) is 0. The van der Waals surface area contributed by atoms with Crippen LogP contribution in [0.2, 0.25) is 0 Å². The molecule has 0 aliphatic heterocycles. The first-order chi connectivity index (χ1) is 14.6. The lowest BCUT2D eigenvalue weighted by Crippen LogP contribution is -2.12. The van der Waals surface area contributed by atoms with E-state index in [1.165, 1.54) is 21.9 Å². The van der Waals surface area contributed by atoms with Gasteiger partial charge in [0.15, 0.2) is 17.1 Å². The van der Waals surface area contributed by atoms with E-state index >= 15 is 0 Å². The number of ether oxygens (including phenoxy) is 1. The lowest BCUT2D eigenvalue weighted by Gasteiger charge is -2.18. The van der Waals surface area contributed by atoms with Crippen LogP contribution in [0.5, 0.6) is 5.75 Å². The van der Waals surface area contributed by atoms with Crippen LogP contribution in [0.25, 0.3) is 10.8 Å². The molecule has 0 radical (unpaired) electrons. The van der Waals surface area contributed by atoms with E-state index in [9.17, 15) is 0 Å². The molecule has 1 aromatic heterocycles. The van der Waals surface area contributed by atoms with Crippen LogP contribution >= 0.6 is 11.8 Å². The number of nitrogens with zero attached hydrogens (tertiary/aromatic N) is 3. The van der Waals surface area contributed by atoms with Gasteiger partial charge in [-0.2, -0.15) is 0 Å². The standard InChI is InChI=1S/C25H27N3OS/c1-5-28-24(19(4)29-23-15-8-10-17(2)18(23)3)26-27-25(28)30-16-21-13-9-12-20-11-6-7-14-22(20)21/h6-15,19H,5,16H2,1-4H3. The van der Waals surface area contributed by atoms with Gasteiger partial charge in [0.25, 0.3) is 0 Å². The van der Waals surface area contributed by atoms with Crippen LogP contribution in [-0.2, 0) is 12.3 Å². The van der Waals surface area contributed by atoms with Gasteiger partial charge in [0, 0.05) is 12.3 Å². The maximum Gasteiger partial charge on any atom is 0.191 e. The fraction of sp³-hybridized carbons (Fsp3) is 0.280. The summed E-state index contributed by atoms with van der Waals surface area (Å²) in [4.78, 5) is 0. The fourth-order valence-electron chi connectivity index (χ4n) is 3.66. The molecule has 1 atom stereocenters. The van der Waals surface area contributed by atoms with Gasteiger partial charge in [-0.3, -0.25) is 0 Å². The Balaban J connectivity index is 1.54. The number of rotatable bonds is 7. The molecule has 0 bridgehead atoms. The number of fused-ring (bicyclic) bond motifs is 1. The van der Waals surface area contributed by atoms with E-state index in [1.54, 1.807) is 11.8 Å². The minimum Gasteiger partial charge on any atom is -0.482 e. The zero-order valence-electron chi connectivity index (χ0n) is 17.9. The van der Waals surface area contributed by atoms with Crippen LogP contribution in [0.1, 0.15) is 42.5 Å². The summed E-state index contributed by atoms with van der Waals surface area (Å²) in [6, 6.07) is 21.1. The largest absolute Gasteiger partial charge is 0.482 e. The number of hydrogen-bond donors (Lipinski definition) is 0. The van der Waals surface area contributed by atoms with E-state index in [4.69, 9.17) is 4.74 Å². The molecule has 4 aromatic rings. The number of aromatic nitrogens is 3. The van der Waals surface area contributed by atoms with Crippen LogP contribution in [0.15, 0.2) is 65.8 Å². The molecule has 4 nitrogen and oxygen atoms in total. The molecule has 0 fully saturated rings. The van der Waals surface area contributed by atoms with E-state index < -0.39 is 0 Å². The van der Waals surface area contributed by atoms with Crippen molar-refractivity contribution in [3.05, 3.63) is 83.2 Å². The average molecular weight is 418 g/mol. The summed E-state index contributed by atoms with van der Waals surface area (Å²) in [6.45, 7) is 9.16. The number of thioether (sulfide) groups is 1. The number of aryl methyl sites for hydroxylation is 1. The quantitative estimate of drug-likeness (QED) is 0.322. The zero-order valence-corrected chi connectivity index (χ0v) is 18.7. The lowest BCUT2D eigenvalue weighted by molar-refractivity contribution is 0.208. The third-order valence-electron chi connectivity index (χ3n) is 5.52. The van der Waals surface area contributed by atoms with Crippen molar-refractivity contribution in [1.82, 2.24) is 14.8 Å². The van der Waals surface area contributed by atoms with Crippen LogP contribution in [0.4, 0.5) is 0 Å². The SMILES string of the molecule is CCn1c(SCc2cccc3ccccc23)nnc1C(C)Oc1cccc(C)c1C. The molecule has 0 spiro atoms. The maximum atomic E-state index is 6.26. The van der Waals surface area contributed by atoms with Crippen molar-refractivity contribution in [2.75, 3.05) is 0 Å². The Morgan fingerprint density at radius 3 is 2.57 bits per heavy atom. The minimum absolute atomic E-state index is 0.176. The predicted octanol–water partition coefficient (Wildman–Crippen LogP) is 6.50. The second-order valence-electron chi connectivity index (χ2n) is 7.47. The molecular formula is C25H27N3OS. The summed E-state index contributed by atoms with van der Waals surface area (Å²) in [5.74, 6) is 2.61. The lowest BCUT2D eigenvalue weighted by atomic mass is 10.1. The topological polar surface area (TPSA) is 39.9 Å². The molecule has 30 heavy (non-hydrogen) atoms. The second-order valence-corrected chi connectivity index (χ2v) is 8.41. The van der Waals surface area contributed by atoms with Crippen molar-refractivity contribution in [2.24, 2.45) is 0 Å². The Kier molecular flexibility index (Phi) is 6.09. The smallest absolute Gasteiger partial charge is 0.191 e. The highest BCUT2D eigenvalue weighted by atomic mass is 32.2. The molecule has 0 aliphatic rings. The molecule has 0 saturated carbocycles. The molecule has 0 aliphatic carbocycles. The Bertz CT molecular complexity index is 1160. The first-order valence-electron chi connectivity index (χ1n) is 10.3. The third-order valence-corrected chi connectivity index (χ3v) is 6.54. The van der Waals surface area contributed by atoms with Gasteiger partial charge >= 0.3 is 0 Å². The Morgan fingerprint density at radius 2 is 1.73 bits per heavy atom. The van der Waals surface area contributed by atoms with Gasteiger partial charge in [0.2, 0.25) is 0 Å². The van der Waals surface area contributed by atoms with Crippen molar-refractivity contribution in [3.8, 4) is 5.75 Å². The first-order valence-corrected chi connectivity index (χ1v) is 11.3. The van der Waals surface area contributed by atoms with Gasteiger partial charge in [0.05, 0.1) is 0 Å². The van der Waals surface area contributed by atoms with Crippen molar-refractivity contribution in [2.45, 2.75) is 51.3 Å². The predicted molar refractivity (Wildman–Crippen MR) is 124 cm³/mol. The molecule has 1 heterocycles. The second kappa shape index (κ2) is 8.92. The van der Waals surface area contributed by atoms with Gasteiger partial charge in [-0.1, -0.05) is 66.4 Å². The van der Waals surface area contributed by atoms with E-state index in [0.29, 0.717) is 0 Å². The molecule has 154 valence electrons. The van der Waals surface area contributed by atoms with Crippen LogP contribution in [0, 0.1) is 13.8 Å². The number of benzene rings is 3. The average Bonchev–Trinajstić information content (AvgIpc) is 3.18. The van der Waals surface area contributed by atoms with Gasteiger partial charge in [-0.15, -0.1) is 10.2 Å². The van der Waals surface area contributed by atoms with E-state index in [-0.39, 0.29) is 6.10 Å². The summed E-state index contributed by atoms with van der Waals surface area (Å²) in [5.41, 5.74) is 3.70. The monoisotopic (exact) mass is 417 g/mol. The van der Waals surface area contributed by atoms with Crippen LogP contribution in [-0.4, -0.2) is 14.8 Å². The van der Waals surface area contributed by atoms with Crippen molar-refractivity contribution in [3.63, 3.8) is 0 Å². The Morgan fingerprint density at radius 1 is 0.967 bits per heavy atom. The molecule has 0 saturated heterocycles. The van der Waals surface area contributed by atoms with E-state index in [1.807, 2.05) is 19.1 Å². The minimum atomic E-state index is -0.176. The Labute approximate surface area is 182 Å². The van der Waals surface area contributed by atoms with Crippen molar-refractivity contribution in [1.29, 1.82) is 0 Å². The molecule has 1 unspecified atom stereocenters. The van der Waals surface area contributed by atoms with Gasteiger partial charge in [0.1, 0.15) is 5.75 Å². The highest BCUT2D eigenvalue weighted by Gasteiger charge is 2.19. The normalized spacial score (nSPS) is 12.3. The van der Waals surface area contributed by atoms with Gasteiger partial charge in [-0.05, 0) is 61.2 Å². The summed E-state index contributed by atoms with van der Waals surface area (Å²) in [6.07, 6.45) is -0.176. The summed E-state index contributed by atoms with van der Waals surface area (Å²) in [5, 5.41) is 12.4. The van der Waals surface area contributed by atoms with Crippen LogP contribution < -0.4 is 4.74 Å². The zero-order chi connectivity index (χ0) is 21.1. The molecule has 5 heteroatoms. The third kappa shape index (κ3) is 4.08. The molecule has 4 rings (SSSR count). The summed E-state index contributed by atoms with van der Waals surface area (Å²) >= 11 is 1.72. The van der Waals surface area contributed by atoms with Crippen molar-refractivity contribution < 1.29 is 4.74 Å². The highest BCUT2D eigenvalue weighted by molar-refractivity contribution is 7.98. The van der Waals surface area contributed by atoms with Crippen LogP contribution in [0.3, 0.4) is 0 Å². The number of hydrogen-bond acceptors (Lipinski definition) is 4. The molecule has 3 aromatic carbocycles. The Hall–Kier alpha value is -2.79. The molecule has 0 amide bonds. The molecule has 0 N–H and O–H groups in total. The van der Waals surface area contributed by atoms with Gasteiger partial charge < -0.3 is 9.30 Å². The summed E-state index contributed by atoms with van der Waals surface area (Å²) < 4.78 is 8.41. The van der Waals surface area contributed by atoms with E-state index in [2.05, 4.69) is 84.1 Å². The van der Waals surface area contributed by atoms with E-state index in [0.717, 1.165) is 34.6 Å². The fourth-order valence-corrected chi connectivity index (χ4v) is 4.67. The van der Waals surface area contributed by atoms with Gasteiger partial charge in [-0.25, -0.2) is 0 Å². The molecular weight excluding hydrogens is 390 g/mol. The first kappa shape index (κ1) is 20.5. The van der Waals surface area contributed by atoms with Crippen molar-refractivity contribution >= 4 is 22.5 Å². The maximum absolute atomic E-state index is 6.26.